The maximum absolute atomic E-state index is 11.0. The first-order valence-corrected chi connectivity index (χ1v) is 15.2. The molecule has 0 amide bonds. The van der Waals surface area contributed by atoms with Gasteiger partial charge < -0.3 is 14.9 Å². The molecule has 0 heterocycles. The van der Waals surface area contributed by atoms with Crippen LogP contribution in [0, 0.1) is 0 Å². The van der Waals surface area contributed by atoms with Gasteiger partial charge in [-0.05, 0) is 32.2 Å². The van der Waals surface area contributed by atoms with Crippen LogP contribution in [-0.4, -0.2) is 59.5 Å². The first kappa shape index (κ1) is 34.4. The first-order chi connectivity index (χ1) is 17.0. The quantitative estimate of drug-likeness (QED) is 0.0909. The van der Waals surface area contributed by atoms with E-state index in [1.807, 2.05) is 0 Å². The number of carbonyl (C=O) groups is 1. The van der Waals surface area contributed by atoms with E-state index < -0.39 is 0 Å². The number of esters is 1. The summed E-state index contributed by atoms with van der Waals surface area (Å²) in [6, 6.07) is 0. The minimum atomic E-state index is -0.334. The van der Waals surface area contributed by atoms with Crippen LogP contribution in [0.1, 0.15) is 149 Å². The lowest BCUT2D eigenvalue weighted by Crippen LogP contribution is -2.38. The lowest BCUT2D eigenvalue weighted by atomic mass is 10.0. The molecule has 0 aromatic carbocycles. The molecule has 210 valence electrons. The molecule has 0 saturated carbocycles. The van der Waals surface area contributed by atoms with E-state index >= 15 is 0 Å². The van der Waals surface area contributed by atoms with E-state index in [9.17, 15) is 15.0 Å². The second-order valence-corrected chi connectivity index (χ2v) is 10.6. The molecule has 2 atom stereocenters. The van der Waals surface area contributed by atoms with E-state index in [1.54, 1.807) is 0 Å². The van der Waals surface area contributed by atoms with Crippen molar-refractivity contribution in [1.29, 1.82) is 0 Å². The highest BCUT2D eigenvalue weighted by Crippen LogP contribution is 2.14. The summed E-state index contributed by atoms with van der Waals surface area (Å²) in [5.74, 6) is -0.233. The van der Waals surface area contributed by atoms with E-state index in [2.05, 4.69) is 18.7 Å². The molecule has 0 fully saturated rings. The minimum absolute atomic E-state index is 0.233. The van der Waals surface area contributed by atoms with Crippen molar-refractivity contribution < 1.29 is 19.7 Å². The van der Waals surface area contributed by atoms with E-state index in [-0.39, 0.29) is 18.2 Å². The zero-order chi connectivity index (χ0) is 26.0. The molecule has 0 rings (SSSR count). The summed E-state index contributed by atoms with van der Waals surface area (Å²) >= 11 is 0. The number of hydrogen-bond donors (Lipinski definition) is 2. The maximum atomic E-state index is 11.0. The molecule has 5 nitrogen and oxygen atoms in total. The Balaban J connectivity index is 4.17. The van der Waals surface area contributed by atoms with Crippen LogP contribution in [0.4, 0.5) is 0 Å². The summed E-state index contributed by atoms with van der Waals surface area (Å²) in [4.78, 5) is 13.2. The smallest absolute Gasteiger partial charge is 0.302 e. The van der Waals surface area contributed by atoms with Crippen molar-refractivity contribution in [3.05, 3.63) is 0 Å². The second kappa shape index (κ2) is 26.4. The van der Waals surface area contributed by atoms with Crippen molar-refractivity contribution in [1.82, 2.24) is 4.90 Å². The highest BCUT2D eigenvalue weighted by Gasteiger charge is 2.15. The number of unbranched alkanes of at least 4 members (excludes halogenated alkanes) is 15. The summed E-state index contributed by atoms with van der Waals surface area (Å²) in [5.41, 5.74) is 0. The molecule has 0 radical (unpaired) electrons. The van der Waals surface area contributed by atoms with Gasteiger partial charge in [0, 0.05) is 20.0 Å². The molecule has 35 heavy (non-hydrogen) atoms. The first-order valence-electron chi connectivity index (χ1n) is 15.2. The van der Waals surface area contributed by atoms with Gasteiger partial charge in [-0.3, -0.25) is 9.69 Å². The van der Waals surface area contributed by atoms with E-state index in [1.165, 1.54) is 96.8 Å². The third kappa shape index (κ3) is 26.2. The Bertz CT molecular complexity index is 418. The van der Waals surface area contributed by atoms with Crippen LogP contribution >= 0.6 is 0 Å². The molecular weight excluding hydrogens is 438 g/mol. The van der Waals surface area contributed by atoms with Crippen LogP contribution in [0.5, 0.6) is 0 Å². The Labute approximate surface area is 218 Å². The SMILES string of the molecule is CCCCCCCCCCC(O)CN(CCCCOC(C)=O)CC(O)CCCCCCCCCC. The van der Waals surface area contributed by atoms with Crippen LogP contribution < -0.4 is 0 Å². The number of ether oxygens (including phenoxy) is 1. The molecule has 2 N–H and O–H groups in total. The third-order valence-electron chi connectivity index (χ3n) is 6.89. The fourth-order valence-corrected chi connectivity index (χ4v) is 4.72. The number of aliphatic hydroxyl groups is 2. The molecule has 0 aliphatic rings. The average Bonchev–Trinajstić information content (AvgIpc) is 2.82. The van der Waals surface area contributed by atoms with Gasteiger partial charge >= 0.3 is 5.97 Å². The van der Waals surface area contributed by atoms with E-state index in [0.29, 0.717) is 19.7 Å². The Hall–Kier alpha value is -0.650. The van der Waals surface area contributed by atoms with Crippen LogP contribution in [0.2, 0.25) is 0 Å². The number of aliphatic hydroxyl groups excluding tert-OH is 2. The molecule has 0 aliphatic carbocycles. The Kier molecular flexibility index (Phi) is 25.9. The molecule has 0 aromatic rings. The van der Waals surface area contributed by atoms with Crippen molar-refractivity contribution in [3.63, 3.8) is 0 Å². The number of carbonyl (C=O) groups excluding carboxylic acids is 1. The lowest BCUT2D eigenvalue weighted by molar-refractivity contribution is -0.141. The van der Waals surface area contributed by atoms with Gasteiger partial charge in [0.05, 0.1) is 18.8 Å². The Morgan fingerprint density at radius 2 is 1.03 bits per heavy atom. The third-order valence-corrected chi connectivity index (χ3v) is 6.89. The van der Waals surface area contributed by atoms with Crippen molar-refractivity contribution in [3.8, 4) is 0 Å². The topological polar surface area (TPSA) is 70.0 Å². The second-order valence-electron chi connectivity index (χ2n) is 10.6. The predicted octanol–water partition coefficient (Wildman–Crippen LogP) is 7.42. The highest BCUT2D eigenvalue weighted by atomic mass is 16.5. The predicted molar refractivity (Wildman–Crippen MR) is 149 cm³/mol. The zero-order valence-corrected chi connectivity index (χ0v) is 23.8. The van der Waals surface area contributed by atoms with Gasteiger partial charge in [0.25, 0.3) is 0 Å². The largest absolute Gasteiger partial charge is 0.466 e. The summed E-state index contributed by atoms with van der Waals surface area (Å²) in [6.07, 6.45) is 23.1. The van der Waals surface area contributed by atoms with Crippen molar-refractivity contribution >= 4 is 5.97 Å². The Morgan fingerprint density at radius 1 is 0.629 bits per heavy atom. The summed E-state index contributed by atoms with van der Waals surface area (Å²) in [5, 5.41) is 21.2. The summed E-state index contributed by atoms with van der Waals surface area (Å²) < 4.78 is 5.04. The van der Waals surface area contributed by atoms with Gasteiger partial charge in [-0.2, -0.15) is 0 Å². The van der Waals surface area contributed by atoms with Gasteiger partial charge in [-0.25, -0.2) is 0 Å². The molecule has 0 spiro atoms. The van der Waals surface area contributed by atoms with Crippen LogP contribution in [0.25, 0.3) is 0 Å². The van der Waals surface area contributed by atoms with Crippen molar-refractivity contribution in [2.45, 2.75) is 161 Å². The molecule has 2 unspecified atom stereocenters. The summed E-state index contributed by atoms with van der Waals surface area (Å²) in [6.45, 7) is 8.46. The van der Waals surface area contributed by atoms with Crippen LogP contribution in [0.3, 0.4) is 0 Å². The van der Waals surface area contributed by atoms with Crippen LogP contribution in [0.15, 0.2) is 0 Å². The number of hydrogen-bond acceptors (Lipinski definition) is 5. The molecule has 0 aromatic heterocycles. The van der Waals surface area contributed by atoms with Crippen molar-refractivity contribution in [2.24, 2.45) is 0 Å². The highest BCUT2D eigenvalue weighted by molar-refractivity contribution is 5.65. The van der Waals surface area contributed by atoms with Crippen LogP contribution in [-0.2, 0) is 9.53 Å². The lowest BCUT2D eigenvalue weighted by Gasteiger charge is -2.27. The summed E-state index contributed by atoms with van der Waals surface area (Å²) in [7, 11) is 0. The number of rotatable bonds is 27. The Morgan fingerprint density at radius 3 is 1.43 bits per heavy atom. The van der Waals surface area contributed by atoms with Gasteiger partial charge in [0.15, 0.2) is 0 Å². The van der Waals surface area contributed by atoms with Gasteiger partial charge in [-0.1, -0.05) is 117 Å². The van der Waals surface area contributed by atoms with Gasteiger partial charge in [-0.15, -0.1) is 0 Å². The van der Waals surface area contributed by atoms with E-state index in [0.717, 1.165) is 45.1 Å². The minimum Gasteiger partial charge on any atom is -0.466 e. The normalized spacial score (nSPS) is 13.3. The fourth-order valence-electron chi connectivity index (χ4n) is 4.72. The van der Waals surface area contributed by atoms with Crippen molar-refractivity contribution in [2.75, 3.05) is 26.2 Å². The average molecular weight is 500 g/mol. The molecule has 0 bridgehead atoms. The number of nitrogens with zero attached hydrogens (tertiary/aromatic N) is 1. The maximum Gasteiger partial charge on any atom is 0.302 e. The van der Waals surface area contributed by atoms with Gasteiger partial charge in [0.2, 0.25) is 0 Å². The van der Waals surface area contributed by atoms with Gasteiger partial charge in [0.1, 0.15) is 0 Å². The zero-order valence-electron chi connectivity index (χ0n) is 23.8. The molecule has 0 aliphatic heterocycles. The molecule has 5 heteroatoms. The fraction of sp³-hybridized carbons (Fsp3) is 0.967. The standard InChI is InChI=1S/C30H61NO4/c1-4-6-8-10-12-14-16-18-22-29(33)26-31(24-20-21-25-35-28(3)32)27-30(34)23-19-17-15-13-11-9-7-5-2/h29-30,33-34H,4-27H2,1-3H3. The molecule has 0 saturated heterocycles. The monoisotopic (exact) mass is 499 g/mol. The molecular formula is C30H61NO4. The van der Waals surface area contributed by atoms with E-state index in [4.69, 9.17) is 4.74 Å².